The zero-order valence-corrected chi connectivity index (χ0v) is 19.2. The highest BCUT2D eigenvalue weighted by molar-refractivity contribution is 5.48. The van der Waals surface area contributed by atoms with Gasteiger partial charge in [0.1, 0.15) is 24.6 Å². The molecule has 31 heavy (non-hydrogen) atoms. The summed E-state index contributed by atoms with van der Waals surface area (Å²) < 4.78 is 20.8. The van der Waals surface area contributed by atoms with Gasteiger partial charge in [0.2, 0.25) is 0 Å². The Labute approximate surface area is 186 Å². The van der Waals surface area contributed by atoms with E-state index in [2.05, 4.69) is 13.8 Å². The Hall–Kier alpha value is -0.690. The van der Waals surface area contributed by atoms with Gasteiger partial charge in [0, 0.05) is 6.42 Å². The van der Waals surface area contributed by atoms with Gasteiger partial charge in [-0.05, 0) is 19.3 Å². The van der Waals surface area contributed by atoms with Crippen LogP contribution in [-0.2, 0) is 23.7 Å². The lowest BCUT2D eigenvalue weighted by Gasteiger charge is -2.26. The Morgan fingerprint density at radius 1 is 0.871 bits per heavy atom. The number of rotatable bonds is 9. The van der Waals surface area contributed by atoms with Crippen LogP contribution in [0.4, 0.5) is 0 Å². The highest BCUT2D eigenvalue weighted by atomic mass is 16.7. The lowest BCUT2D eigenvalue weighted by atomic mass is 10.3. The van der Waals surface area contributed by atoms with Crippen molar-refractivity contribution >= 4 is 6.29 Å². The molecule has 10 nitrogen and oxygen atoms in total. The first-order valence-corrected chi connectivity index (χ1v) is 11.0. The second-order valence-electron chi connectivity index (χ2n) is 7.01. The molecule has 188 valence electrons. The third kappa shape index (κ3) is 20.9. The fourth-order valence-corrected chi connectivity index (χ4v) is 2.10. The van der Waals surface area contributed by atoms with Crippen LogP contribution in [0.1, 0.15) is 59.3 Å². The van der Waals surface area contributed by atoms with Crippen molar-refractivity contribution in [3.8, 4) is 0 Å². The minimum atomic E-state index is -0.954. The predicted octanol–water partition coefficient (Wildman–Crippen LogP) is 0.358. The summed E-state index contributed by atoms with van der Waals surface area (Å²) in [4.78, 5) is 9.40. The van der Waals surface area contributed by atoms with Gasteiger partial charge in [-0.2, -0.15) is 0 Å². The largest absolute Gasteiger partial charge is 0.394 e. The molecule has 0 saturated carbocycles. The van der Waals surface area contributed by atoms with Crippen LogP contribution in [0.3, 0.4) is 0 Å². The number of aldehydes is 1. The molecule has 2 unspecified atom stereocenters. The average Bonchev–Trinajstić information content (AvgIpc) is 3.25. The molecule has 2 heterocycles. The van der Waals surface area contributed by atoms with Crippen molar-refractivity contribution in [2.75, 3.05) is 39.6 Å². The van der Waals surface area contributed by atoms with E-state index in [9.17, 15) is 4.79 Å². The number of unbranched alkanes of at least 4 members (excludes halogenated alkanes) is 1. The second-order valence-corrected chi connectivity index (χ2v) is 7.01. The van der Waals surface area contributed by atoms with Crippen LogP contribution in [0.25, 0.3) is 0 Å². The van der Waals surface area contributed by atoms with Crippen LogP contribution >= 0.6 is 0 Å². The van der Waals surface area contributed by atoms with Crippen molar-refractivity contribution in [1.82, 2.24) is 0 Å². The van der Waals surface area contributed by atoms with Crippen molar-refractivity contribution in [2.45, 2.75) is 90.2 Å². The Bertz CT molecular complexity index is 356. The Morgan fingerprint density at radius 2 is 1.39 bits per heavy atom. The van der Waals surface area contributed by atoms with Gasteiger partial charge in [-0.15, -0.1) is 0 Å². The normalized spacial score (nSPS) is 24.8. The number of aliphatic hydroxyl groups excluding tert-OH is 5. The molecule has 2 rings (SSSR count). The predicted molar refractivity (Wildman–Crippen MR) is 114 cm³/mol. The molecule has 0 bridgehead atoms. The van der Waals surface area contributed by atoms with Crippen LogP contribution in [-0.4, -0.2) is 102 Å². The fraction of sp³-hybridized carbons (Fsp3) is 0.952. The third-order valence-corrected chi connectivity index (χ3v) is 3.84. The average molecular weight is 457 g/mol. The van der Waals surface area contributed by atoms with Gasteiger partial charge in [-0.25, -0.2) is 0 Å². The number of hydrogen-bond donors (Lipinski definition) is 5. The summed E-state index contributed by atoms with van der Waals surface area (Å²) in [5.41, 5.74) is 0. The van der Waals surface area contributed by atoms with Crippen LogP contribution in [0.15, 0.2) is 0 Å². The maximum absolute atomic E-state index is 9.40. The highest BCUT2D eigenvalue weighted by Crippen LogP contribution is 2.14. The SMILES string of the molecule is CCCC1OCC(CO)O1.CCCC1OCC(O)CO1.CCCC=O.OCC(O)CO. The molecule has 0 spiro atoms. The van der Waals surface area contributed by atoms with Crippen LogP contribution in [0.2, 0.25) is 0 Å². The van der Waals surface area contributed by atoms with E-state index in [1.807, 2.05) is 6.92 Å². The molecule has 0 aromatic carbocycles. The molecule has 2 atom stereocenters. The lowest BCUT2D eigenvalue weighted by molar-refractivity contribution is -0.218. The first-order chi connectivity index (χ1) is 14.9. The van der Waals surface area contributed by atoms with Gasteiger partial charge >= 0.3 is 0 Å². The fourth-order valence-electron chi connectivity index (χ4n) is 2.10. The van der Waals surface area contributed by atoms with E-state index in [0.717, 1.165) is 38.4 Å². The van der Waals surface area contributed by atoms with Crippen LogP contribution < -0.4 is 0 Å². The summed E-state index contributed by atoms with van der Waals surface area (Å²) in [7, 11) is 0. The highest BCUT2D eigenvalue weighted by Gasteiger charge is 2.23. The van der Waals surface area contributed by atoms with E-state index < -0.39 is 12.2 Å². The van der Waals surface area contributed by atoms with Gasteiger partial charge in [0.15, 0.2) is 12.6 Å². The van der Waals surface area contributed by atoms with Crippen molar-refractivity contribution in [3.63, 3.8) is 0 Å². The molecule has 2 fully saturated rings. The number of carbonyl (C=O) groups excluding carboxylic acids is 1. The van der Waals surface area contributed by atoms with E-state index in [-0.39, 0.29) is 38.5 Å². The quantitative estimate of drug-likeness (QED) is 0.307. The molecule has 0 aromatic rings. The van der Waals surface area contributed by atoms with Gasteiger partial charge in [0.05, 0.1) is 39.6 Å². The molecule has 2 aliphatic heterocycles. The van der Waals surface area contributed by atoms with Crippen molar-refractivity contribution in [2.24, 2.45) is 0 Å². The number of aliphatic hydroxyl groups is 5. The molecule has 5 N–H and O–H groups in total. The molecule has 10 heteroatoms. The Morgan fingerprint density at radius 3 is 1.71 bits per heavy atom. The van der Waals surface area contributed by atoms with Crippen LogP contribution in [0, 0.1) is 0 Å². The Balaban J connectivity index is 0. The number of ether oxygens (including phenoxy) is 4. The van der Waals surface area contributed by atoms with Crippen molar-refractivity contribution < 1.29 is 49.3 Å². The van der Waals surface area contributed by atoms with Gasteiger partial charge in [-0.1, -0.05) is 33.6 Å². The third-order valence-electron chi connectivity index (χ3n) is 3.84. The molecule has 2 saturated heterocycles. The van der Waals surface area contributed by atoms with Crippen molar-refractivity contribution in [3.05, 3.63) is 0 Å². The maximum atomic E-state index is 9.40. The van der Waals surface area contributed by atoms with Gasteiger partial charge in [0.25, 0.3) is 0 Å². The lowest BCUT2D eigenvalue weighted by Crippen LogP contribution is -2.35. The minimum Gasteiger partial charge on any atom is -0.394 e. The molecule has 0 radical (unpaired) electrons. The number of carbonyl (C=O) groups is 1. The summed E-state index contributed by atoms with van der Waals surface area (Å²) in [6.07, 6.45) is 4.97. The van der Waals surface area contributed by atoms with E-state index in [4.69, 9.17) is 44.5 Å². The molecule has 0 aliphatic carbocycles. The van der Waals surface area contributed by atoms with E-state index in [1.54, 1.807) is 0 Å². The standard InChI is InChI=1S/2C7H14O3.C4H8O.C3H8O3/c1-2-3-7-9-4-6(8)5-10-7;1-2-3-7-9-5-6(4-8)10-7;1-2-3-4-5;4-1-3(6)2-5/h2*6-8H,2-5H2,1H3;4H,2-3H2,1H3;3-6H,1-2H2. The first kappa shape index (κ1) is 32.5. The topological polar surface area (TPSA) is 155 Å². The maximum Gasteiger partial charge on any atom is 0.158 e. The molecular weight excluding hydrogens is 412 g/mol. The van der Waals surface area contributed by atoms with E-state index >= 15 is 0 Å². The zero-order chi connectivity index (χ0) is 23.9. The second kappa shape index (κ2) is 24.0. The van der Waals surface area contributed by atoms with Gasteiger partial charge in [-0.3, -0.25) is 0 Å². The Kier molecular flexibility index (Phi) is 25.1. The summed E-state index contributed by atoms with van der Waals surface area (Å²) in [6.45, 7) is 6.87. The number of hydrogen-bond acceptors (Lipinski definition) is 10. The van der Waals surface area contributed by atoms with E-state index in [1.165, 1.54) is 0 Å². The molecule has 0 aromatic heterocycles. The van der Waals surface area contributed by atoms with Crippen LogP contribution in [0.5, 0.6) is 0 Å². The summed E-state index contributed by atoms with van der Waals surface area (Å²) >= 11 is 0. The van der Waals surface area contributed by atoms with E-state index in [0.29, 0.717) is 26.2 Å². The first-order valence-electron chi connectivity index (χ1n) is 11.0. The van der Waals surface area contributed by atoms with Crippen molar-refractivity contribution in [1.29, 1.82) is 0 Å². The summed E-state index contributed by atoms with van der Waals surface area (Å²) in [5, 5.41) is 41.6. The molecule has 0 amide bonds. The molecule has 2 aliphatic rings. The summed E-state index contributed by atoms with van der Waals surface area (Å²) in [5.74, 6) is 0. The summed E-state index contributed by atoms with van der Waals surface area (Å²) in [6, 6.07) is 0. The smallest absolute Gasteiger partial charge is 0.158 e. The van der Waals surface area contributed by atoms with Gasteiger partial charge < -0.3 is 49.3 Å². The minimum absolute atomic E-state index is 0.0675. The monoisotopic (exact) mass is 456 g/mol. The molecular formula is C21H44O10. The zero-order valence-electron chi connectivity index (χ0n) is 19.2.